The normalized spacial score (nSPS) is 18.3. The van der Waals surface area contributed by atoms with Crippen molar-refractivity contribution in [2.45, 2.75) is 24.4 Å². The highest BCUT2D eigenvalue weighted by Gasteiger charge is 2.50. The lowest BCUT2D eigenvalue weighted by atomic mass is 9.87. The second-order valence-corrected chi connectivity index (χ2v) is 4.79. The SMILES string of the molecule is OC([CH]c1cccnc1)C1(c2ccncc2)CC1. The van der Waals surface area contributed by atoms with E-state index in [4.69, 9.17) is 0 Å². The predicted octanol–water partition coefficient (Wildman–Crippen LogP) is 2.12. The van der Waals surface area contributed by atoms with Crippen molar-refractivity contribution in [1.29, 1.82) is 0 Å². The topological polar surface area (TPSA) is 46.0 Å². The molecule has 2 heterocycles. The molecule has 3 heteroatoms. The summed E-state index contributed by atoms with van der Waals surface area (Å²) >= 11 is 0. The molecule has 0 aliphatic heterocycles. The van der Waals surface area contributed by atoms with Crippen molar-refractivity contribution in [2.24, 2.45) is 0 Å². The Labute approximate surface area is 107 Å². The number of hydrogen-bond acceptors (Lipinski definition) is 3. The molecular formula is C15H15N2O. The first-order chi connectivity index (χ1) is 8.81. The highest BCUT2D eigenvalue weighted by Crippen LogP contribution is 2.51. The van der Waals surface area contributed by atoms with Gasteiger partial charge < -0.3 is 5.11 Å². The molecule has 1 unspecified atom stereocenters. The maximum Gasteiger partial charge on any atom is 0.0712 e. The Balaban J connectivity index is 1.79. The summed E-state index contributed by atoms with van der Waals surface area (Å²) in [5, 5.41) is 10.4. The molecule has 91 valence electrons. The fourth-order valence-corrected chi connectivity index (χ4v) is 2.39. The minimum atomic E-state index is -0.468. The Bertz CT molecular complexity index is 509. The van der Waals surface area contributed by atoms with Crippen molar-refractivity contribution >= 4 is 0 Å². The molecule has 0 aromatic carbocycles. The number of rotatable bonds is 4. The van der Waals surface area contributed by atoms with Gasteiger partial charge in [-0.05, 0) is 42.2 Å². The van der Waals surface area contributed by atoms with Crippen LogP contribution >= 0.6 is 0 Å². The Hall–Kier alpha value is -1.74. The predicted molar refractivity (Wildman–Crippen MR) is 68.8 cm³/mol. The quantitative estimate of drug-likeness (QED) is 0.889. The van der Waals surface area contributed by atoms with Gasteiger partial charge in [-0.3, -0.25) is 9.97 Å². The summed E-state index contributed by atoms with van der Waals surface area (Å²) in [6.45, 7) is 0. The number of pyridine rings is 2. The van der Waals surface area contributed by atoms with Gasteiger partial charge in [0.05, 0.1) is 6.10 Å². The lowest BCUT2D eigenvalue weighted by Gasteiger charge is -2.22. The maximum atomic E-state index is 10.4. The van der Waals surface area contributed by atoms with E-state index in [1.54, 1.807) is 24.8 Å². The summed E-state index contributed by atoms with van der Waals surface area (Å²) in [7, 11) is 0. The summed E-state index contributed by atoms with van der Waals surface area (Å²) in [5.74, 6) is 0. The van der Waals surface area contributed by atoms with Gasteiger partial charge in [-0.25, -0.2) is 0 Å². The molecule has 1 radical (unpaired) electrons. The highest BCUT2D eigenvalue weighted by molar-refractivity contribution is 5.35. The molecule has 2 aromatic rings. The van der Waals surface area contributed by atoms with Crippen molar-refractivity contribution in [3.8, 4) is 0 Å². The lowest BCUT2D eigenvalue weighted by Crippen LogP contribution is -2.26. The molecule has 2 aromatic heterocycles. The third-order valence-electron chi connectivity index (χ3n) is 3.64. The molecule has 0 amide bonds. The van der Waals surface area contributed by atoms with Crippen molar-refractivity contribution in [3.05, 3.63) is 66.6 Å². The van der Waals surface area contributed by atoms with Gasteiger partial charge in [0.2, 0.25) is 0 Å². The molecule has 0 spiro atoms. The number of aliphatic hydroxyl groups excluding tert-OH is 1. The van der Waals surface area contributed by atoms with Gasteiger partial charge in [0.1, 0.15) is 0 Å². The molecule has 1 fully saturated rings. The molecule has 18 heavy (non-hydrogen) atoms. The molecule has 1 N–H and O–H groups in total. The molecule has 1 aliphatic rings. The van der Waals surface area contributed by atoms with Gasteiger partial charge >= 0.3 is 0 Å². The summed E-state index contributed by atoms with van der Waals surface area (Å²) in [5.41, 5.74) is 2.02. The standard InChI is InChI=1S/C15H15N2O/c18-14(10-12-2-1-7-17-11-12)15(5-6-15)13-3-8-16-9-4-13/h1-4,7-11,14,18H,5-6H2. The van der Waals surface area contributed by atoms with Crippen LogP contribution in [-0.4, -0.2) is 21.2 Å². The first-order valence-corrected chi connectivity index (χ1v) is 6.15. The Morgan fingerprint density at radius 2 is 1.89 bits per heavy atom. The fourth-order valence-electron chi connectivity index (χ4n) is 2.39. The van der Waals surface area contributed by atoms with E-state index < -0.39 is 6.10 Å². The minimum absolute atomic E-state index is 0.112. The maximum absolute atomic E-state index is 10.4. The van der Waals surface area contributed by atoms with Crippen LogP contribution in [0, 0.1) is 6.42 Å². The van der Waals surface area contributed by atoms with Crippen LogP contribution in [0.2, 0.25) is 0 Å². The van der Waals surface area contributed by atoms with E-state index in [1.807, 2.05) is 30.7 Å². The van der Waals surface area contributed by atoms with Crippen LogP contribution in [0.25, 0.3) is 0 Å². The second-order valence-electron chi connectivity index (χ2n) is 4.79. The summed E-state index contributed by atoms with van der Waals surface area (Å²) in [6.07, 6.45) is 10.5. The average Bonchev–Trinajstić information content (AvgIpc) is 3.22. The largest absolute Gasteiger partial charge is 0.392 e. The van der Waals surface area contributed by atoms with E-state index in [2.05, 4.69) is 9.97 Å². The van der Waals surface area contributed by atoms with Crippen molar-refractivity contribution in [2.75, 3.05) is 0 Å². The minimum Gasteiger partial charge on any atom is -0.392 e. The van der Waals surface area contributed by atoms with E-state index in [0.29, 0.717) is 0 Å². The zero-order valence-corrected chi connectivity index (χ0v) is 10.0. The zero-order chi connectivity index (χ0) is 12.4. The number of aromatic nitrogens is 2. The van der Waals surface area contributed by atoms with Crippen molar-refractivity contribution < 1.29 is 5.11 Å². The smallest absolute Gasteiger partial charge is 0.0712 e. The first-order valence-electron chi connectivity index (χ1n) is 6.15. The van der Waals surface area contributed by atoms with Crippen LogP contribution < -0.4 is 0 Å². The van der Waals surface area contributed by atoms with Gasteiger partial charge in [0.15, 0.2) is 0 Å². The van der Waals surface area contributed by atoms with Gasteiger partial charge in [-0.15, -0.1) is 0 Å². The van der Waals surface area contributed by atoms with Crippen molar-refractivity contribution in [3.63, 3.8) is 0 Å². The molecule has 3 rings (SSSR count). The van der Waals surface area contributed by atoms with E-state index in [-0.39, 0.29) is 5.41 Å². The Morgan fingerprint density at radius 1 is 1.11 bits per heavy atom. The first kappa shape index (κ1) is 11.4. The van der Waals surface area contributed by atoms with Gasteiger partial charge in [0, 0.05) is 36.6 Å². The third kappa shape index (κ3) is 2.02. The van der Waals surface area contributed by atoms with E-state index in [1.165, 1.54) is 5.56 Å². The summed E-state index contributed by atoms with van der Waals surface area (Å²) in [4.78, 5) is 8.09. The van der Waals surface area contributed by atoms with Gasteiger partial charge in [-0.1, -0.05) is 6.07 Å². The molecule has 1 aliphatic carbocycles. The van der Waals surface area contributed by atoms with Crippen LogP contribution in [0.5, 0.6) is 0 Å². The Morgan fingerprint density at radius 3 is 2.50 bits per heavy atom. The van der Waals surface area contributed by atoms with Crippen LogP contribution in [0.3, 0.4) is 0 Å². The second kappa shape index (κ2) is 4.50. The number of aliphatic hydroxyl groups is 1. The van der Waals surface area contributed by atoms with Crippen molar-refractivity contribution in [1.82, 2.24) is 9.97 Å². The summed E-state index contributed by atoms with van der Waals surface area (Å²) < 4.78 is 0. The molecule has 1 atom stereocenters. The van der Waals surface area contributed by atoms with E-state index in [0.717, 1.165) is 18.4 Å². The molecule has 0 saturated heterocycles. The molecule has 1 saturated carbocycles. The average molecular weight is 239 g/mol. The number of nitrogens with zero attached hydrogens (tertiary/aromatic N) is 2. The number of hydrogen-bond donors (Lipinski definition) is 1. The monoisotopic (exact) mass is 239 g/mol. The third-order valence-corrected chi connectivity index (χ3v) is 3.64. The van der Waals surface area contributed by atoms with Crippen LogP contribution in [0.4, 0.5) is 0 Å². The Kier molecular flexibility index (Phi) is 2.84. The molecule has 0 bridgehead atoms. The summed E-state index contributed by atoms with van der Waals surface area (Å²) in [6, 6.07) is 7.82. The van der Waals surface area contributed by atoms with Crippen LogP contribution in [0.15, 0.2) is 49.1 Å². The zero-order valence-electron chi connectivity index (χ0n) is 10.0. The van der Waals surface area contributed by atoms with Gasteiger partial charge in [-0.2, -0.15) is 0 Å². The molecule has 3 nitrogen and oxygen atoms in total. The highest BCUT2D eigenvalue weighted by atomic mass is 16.3. The molecular weight excluding hydrogens is 224 g/mol. The van der Waals surface area contributed by atoms with Crippen LogP contribution in [0.1, 0.15) is 24.0 Å². The van der Waals surface area contributed by atoms with Crippen LogP contribution in [-0.2, 0) is 5.41 Å². The lowest BCUT2D eigenvalue weighted by molar-refractivity contribution is 0.166. The van der Waals surface area contributed by atoms with E-state index >= 15 is 0 Å². The fraction of sp³-hybridized carbons (Fsp3) is 0.267. The van der Waals surface area contributed by atoms with Gasteiger partial charge in [0.25, 0.3) is 0 Å². The van der Waals surface area contributed by atoms with E-state index in [9.17, 15) is 5.11 Å².